The van der Waals surface area contributed by atoms with E-state index in [0.29, 0.717) is 16.8 Å². The van der Waals surface area contributed by atoms with E-state index in [1.165, 1.54) is 17.3 Å². The molecule has 0 aliphatic carbocycles. The van der Waals surface area contributed by atoms with Crippen LogP contribution in [0.25, 0.3) is 16.8 Å². The summed E-state index contributed by atoms with van der Waals surface area (Å²) in [5.74, 6) is -0.267. The molecule has 2 heterocycles. The Hall–Kier alpha value is -3.15. The molecule has 10 nitrogen and oxygen atoms in total. The molecule has 0 bridgehead atoms. The molecule has 1 fully saturated rings. The number of carbonyl (C=O) groups is 1. The van der Waals surface area contributed by atoms with Gasteiger partial charge in [0.25, 0.3) is 5.91 Å². The fourth-order valence-corrected chi connectivity index (χ4v) is 3.83. The number of aliphatic hydroxyl groups is 4. The van der Waals surface area contributed by atoms with Crippen molar-refractivity contribution in [2.45, 2.75) is 30.5 Å². The van der Waals surface area contributed by atoms with Gasteiger partial charge in [0, 0.05) is 7.05 Å². The Bertz CT molecular complexity index is 1090. The molecule has 5 N–H and O–H groups in total. The molecule has 5 atom stereocenters. The molecule has 32 heavy (non-hydrogen) atoms. The van der Waals surface area contributed by atoms with Crippen LogP contribution in [0.5, 0.6) is 0 Å². The van der Waals surface area contributed by atoms with E-state index >= 15 is 0 Å². The molecule has 1 saturated heterocycles. The third-order valence-electron chi connectivity index (χ3n) is 5.58. The number of carbonyl (C=O) groups excluding carboxylic acids is 1. The number of benzene rings is 2. The summed E-state index contributed by atoms with van der Waals surface area (Å²) < 4.78 is 7.17. The van der Waals surface area contributed by atoms with Crippen LogP contribution < -0.4 is 5.32 Å². The molecular weight excluding hydrogens is 416 g/mol. The lowest BCUT2D eigenvalue weighted by molar-refractivity contribution is -0.231. The minimum absolute atomic E-state index is 0.267. The second kappa shape index (κ2) is 9.15. The Kier molecular flexibility index (Phi) is 6.31. The zero-order chi connectivity index (χ0) is 22.8. The SMILES string of the molecule is CNC(=O)c1ccc(-c2cccc([C@H]3O[C@H](CO)[C@@H](O)[C@H](O)[C@H]3O)c2)cc1-n1cncn1. The van der Waals surface area contributed by atoms with Gasteiger partial charge in [0.1, 0.15) is 43.2 Å². The second-order valence-electron chi connectivity index (χ2n) is 7.53. The Morgan fingerprint density at radius 1 is 1.09 bits per heavy atom. The molecule has 10 heteroatoms. The molecule has 0 unspecified atom stereocenters. The summed E-state index contributed by atoms with van der Waals surface area (Å²) in [7, 11) is 1.55. The summed E-state index contributed by atoms with van der Waals surface area (Å²) in [5, 5.41) is 46.8. The third kappa shape index (κ3) is 4.01. The first-order valence-electron chi connectivity index (χ1n) is 10.1. The summed E-state index contributed by atoms with van der Waals surface area (Å²) in [6, 6.07) is 12.4. The van der Waals surface area contributed by atoms with Gasteiger partial charge in [0.05, 0.1) is 17.9 Å². The zero-order valence-electron chi connectivity index (χ0n) is 17.2. The first kappa shape index (κ1) is 22.1. The van der Waals surface area contributed by atoms with Crippen LogP contribution in [0, 0.1) is 0 Å². The number of aliphatic hydroxyl groups excluding tert-OH is 4. The maximum absolute atomic E-state index is 12.3. The van der Waals surface area contributed by atoms with Crippen LogP contribution in [-0.2, 0) is 4.74 Å². The average molecular weight is 440 g/mol. The predicted molar refractivity (Wildman–Crippen MR) is 113 cm³/mol. The summed E-state index contributed by atoms with van der Waals surface area (Å²) in [6.07, 6.45) is -3.31. The largest absolute Gasteiger partial charge is 0.394 e. The predicted octanol–water partition coefficient (Wildman–Crippen LogP) is -0.191. The van der Waals surface area contributed by atoms with Gasteiger partial charge in [-0.2, -0.15) is 5.10 Å². The van der Waals surface area contributed by atoms with Gasteiger partial charge < -0.3 is 30.5 Å². The van der Waals surface area contributed by atoms with Crippen LogP contribution >= 0.6 is 0 Å². The highest BCUT2D eigenvalue weighted by Gasteiger charge is 2.43. The van der Waals surface area contributed by atoms with E-state index in [9.17, 15) is 25.2 Å². The van der Waals surface area contributed by atoms with Gasteiger partial charge in [-0.1, -0.05) is 24.3 Å². The molecule has 1 aromatic heterocycles. The molecule has 3 aromatic rings. The van der Waals surface area contributed by atoms with Crippen LogP contribution in [0.15, 0.2) is 55.1 Å². The van der Waals surface area contributed by atoms with Crippen LogP contribution in [0.4, 0.5) is 0 Å². The van der Waals surface area contributed by atoms with Gasteiger partial charge in [-0.05, 0) is 34.9 Å². The molecule has 1 amide bonds. The third-order valence-corrected chi connectivity index (χ3v) is 5.58. The first-order chi connectivity index (χ1) is 15.4. The highest BCUT2D eigenvalue weighted by atomic mass is 16.5. The lowest BCUT2D eigenvalue weighted by Crippen LogP contribution is -2.55. The molecule has 4 rings (SSSR count). The molecule has 168 valence electrons. The average Bonchev–Trinajstić information content (AvgIpc) is 3.37. The van der Waals surface area contributed by atoms with Crippen LogP contribution in [0.2, 0.25) is 0 Å². The normalized spacial score (nSPS) is 25.5. The summed E-state index contributed by atoms with van der Waals surface area (Å²) in [4.78, 5) is 16.3. The number of nitrogens with one attached hydrogen (secondary N) is 1. The Morgan fingerprint density at radius 2 is 1.88 bits per heavy atom. The Balaban J connectivity index is 1.72. The number of aromatic nitrogens is 3. The van der Waals surface area contributed by atoms with Gasteiger partial charge >= 0.3 is 0 Å². The fourth-order valence-electron chi connectivity index (χ4n) is 3.83. The van der Waals surface area contributed by atoms with Gasteiger partial charge in [-0.15, -0.1) is 0 Å². The maximum atomic E-state index is 12.3. The van der Waals surface area contributed by atoms with Gasteiger partial charge in [-0.25, -0.2) is 9.67 Å². The van der Waals surface area contributed by atoms with Crippen LogP contribution in [0.3, 0.4) is 0 Å². The smallest absolute Gasteiger partial charge is 0.253 e. The first-order valence-corrected chi connectivity index (χ1v) is 10.1. The number of amides is 1. The number of rotatable bonds is 5. The van der Waals surface area contributed by atoms with Crippen molar-refractivity contribution in [2.75, 3.05) is 13.7 Å². The van der Waals surface area contributed by atoms with Crippen molar-refractivity contribution in [1.82, 2.24) is 20.1 Å². The van der Waals surface area contributed by atoms with E-state index in [0.717, 1.165) is 11.1 Å². The monoisotopic (exact) mass is 440 g/mol. The van der Waals surface area contributed by atoms with Crippen molar-refractivity contribution in [1.29, 1.82) is 0 Å². The fraction of sp³-hybridized carbons (Fsp3) is 0.318. The van der Waals surface area contributed by atoms with Crippen molar-refractivity contribution < 1.29 is 30.0 Å². The molecule has 0 saturated carbocycles. The lowest BCUT2D eigenvalue weighted by atomic mass is 9.90. The topological polar surface area (TPSA) is 150 Å². The number of nitrogens with zero attached hydrogens (tertiary/aromatic N) is 3. The van der Waals surface area contributed by atoms with Crippen molar-refractivity contribution in [2.24, 2.45) is 0 Å². The second-order valence-corrected chi connectivity index (χ2v) is 7.53. The number of ether oxygens (including phenoxy) is 1. The van der Waals surface area contributed by atoms with E-state index in [1.54, 1.807) is 43.4 Å². The number of hydrogen-bond donors (Lipinski definition) is 5. The lowest BCUT2D eigenvalue weighted by Gasteiger charge is -2.40. The van der Waals surface area contributed by atoms with Gasteiger partial charge in [0.15, 0.2) is 0 Å². The minimum Gasteiger partial charge on any atom is -0.394 e. The van der Waals surface area contributed by atoms with Gasteiger partial charge in [0.2, 0.25) is 0 Å². The van der Waals surface area contributed by atoms with E-state index in [1.807, 2.05) is 6.07 Å². The van der Waals surface area contributed by atoms with Gasteiger partial charge in [-0.3, -0.25) is 4.79 Å². The highest BCUT2D eigenvalue weighted by Crippen LogP contribution is 2.34. The standard InChI is InChI=1S/C22H24N4O6/c1-23-22(31)15-6-5-13(8-16(15)26-11-24-10-25-26)12-3-2-4-14(7-12)21-20(30)19(29)18(28)17(9-27)32-21/h2-8,10-11,17-21,27-30H,9H2,1H3,(H,23,31)/t17-,18-,19+,20-,21-/m1/s1. The Morgan fingerprint density at radius 3 is 2.56 bits per heavy atom. The van der Waals surface area contributed by atoms with Crippen molar-refractivity contribution >= 4 is 5.91 Å². The molecular formula is C22H24N4O6. The minimum atomic E-state index is -1.46. The molecule has 2 aromatic carbocycles. The van der Waals surface area contributed by atoms with Crippen LogP contribution in [0.1, 0.15) is 22.0 Å². The number of hydrogen-bond acceptors (Lipinski definition) is 8. The van der Waals surface area contributed by atoms with E-state index in [-0.39, 0.29) is 5.91 Å². The maximum Gasteiger partial charge on any atom is 0.253 e. The molecule has 0 spiro atoms. The van der Waals surface area contributed by atoms with Crippen molar-refractivity contribution in [3.8, 4) is 16.8 Å². The molecule has 0 radical (unpaired) electrons. The summed E-state index contributed by atoms with van der Waals surface area (Å²) >= 11 is 0. The molecule has 1 aliphatic heterocycles. The van der Waals surface area contributed by atoms with E-state index in [2.05, 4.69) is 15.4 Å². The van der Waals surface area contributed by atoms with E-state index in [4.69, 9.17) is 4.74 Å². The Labute approximate surface area is 183 Å². The van der Waals surface area contributed by atoms with Crippen molar-refractivity contribution in [3.05, 3.63) is 66.2 Å². The summed E-state index contributed by atoms with van der Waals surface area (Å²) in [5.41, 5.74) is 3.07. The quantitative estimate of drug-likeness (QED) is 0.366. The summed E-state index contributed by atoms with van der Waals surface area (Å²) in [6.45, 7) is -0.497. The van der Waals surface area contributed by atoms with Crippen molar-refractivity contribution in [3.63, 3.8) is 0 Å². The van der Waals surface area contributed by atoms with E-state index < -0.39 is 37.1 Å². The molecule has 1 aliphatic rings. The van der Waals surface area contributed by atoms with Crippen LogP contribution in [-0.4, -0.2) is 79.2 Å². The highest BCUT2D eigenvalue weighted by molar-refractivity contribution is 5.98. The zero-order valence-corrected chi connectivity index (χ0v) is 17.2.